The van der Waals surface area contributed by atoms with E-state index in [9.17, 15) is 0 Å². The Kier molecular flexibility index (Phi) is 7.55. The molecule has 1 nitrogen and oxygen atoms in total. The summed E-state index contributed by atoms with van der Waals surface area (Å²) in [5.74, 6) is 0. The van der Waals surface area contributed by atoms with Crippen LogP contribution >= 0.6 is 0 Å². The Labute approximate surface area is 309 Å². The molecule has 0 fully saturated rings. The van der Waals surface area contributed by atoms with Crippen molar-refractivity contribution in [3.63, 3.8) is 0 Å². The number of nitrogens with zero attached hydrogens (tertiary/aromatic N) is 1. The van der Waals surface area contributed by atoms with Gasteiger partial charge in [0, 0.05) is 17.1 Å². The lowest BCUT2D eigenvalue weighted by Gasteiger charge is -2.26. The SMILES string of the molecule is c1ccc(-c2ccc(N(c3ccc(-c4cccc(-c5ccccc5)c4)cc3)c3ccc4c(ccc5ccc6ccc7ccccc7c6c54)c3)cc2)cc1. The van der Waals surface area contributed by atoms with Gasteiger partial charge in [-0.05, 0) is 119 Å². The van der Waals surface area contributed by atoms with Gasteiger partial charge in [-0.15, -0.1) is 0 Å². The first-order chi connectivity index (χ1) is 26.3. The Hall–Kier alpha value is -6.96. The molecule has 0 heterocycles. The van der Waals surface area contributed by atoms with Gasteiger partial charge in [0.15, 0.2) is 0 Å². The normalized spacial score (nSPS) is 11.4. The molecule has 0 saturated heterocycles. The lowest BCUT2D eigenvalue weighted by atomic mass is 9.93. The Morgan fingerprint density at radius 3 is 1.25 bits per heavy atom. The largest absolute Gasteiger partial charge is 0.310 e. The third-order valence-electron chi connectivity index (χ3n) is 10.6. The van der Waals surface area contributed by atoms with E-state index in [0.717, 1.165) is 17.1 Å². The minimum absolute atomic E-state index is 1.11. The molecule has 248 valence electrons. The van der Waals surface area contributed by atoms with Gasteiger partial charge in [0.1, 0.15) is 0 Å². The minimum atomic E-state index is 1.11. The van der Waals surface area contributed by atoms with E-state index in [1.165, 1.54) is 76.5 Å². The zero-order valence-corrected chi connectivity index (χ0v) is 29.2. The molecule has 10 aromatic carbocycles. The Bertz CT molecular complexity index is 2900. The van der Waals surface area contributed by atoms with Gasteiger partial charge in [-0.25, -0.2) is 0 Å². The van der Waals surface area contributed by atoms with Crippen LogP contribution in [0.5, 0.6) is 0 Å². The summed E-state index contributed by atoms with van der Waals surface area (Å²) in [7, 11) is 0. The van der Waals surface area contributed by atoms with Crippen LogP contribution < -0.4 is 4.90 Å². The first kappa shape index (κ1) is 30.8. The fourth-order valence-corrected chi connectivity index (χ4v) is 7.97. The van der Waals surface area contributed by atoms with Gasteiger partial charge in [-0.1, -0.05) is 170 Å². The number of fused-ring (bicyclic) bond motifs is 7. The highest BCUT2D eigenvalue weighted by atomic mass is 15.1. The van der Waals surface area contributed by atoms with Crippen LogP contribution in [-0.2, 0) is 0 Å². The average molecular weight is 674 g/mol. The summed E-state index contributed by atoms with van der Waals surface area (Å²) in [6, 6.07) is 77.2. The predicted molar refractivity (Wildman–Crippen MR) is 227 cm³/mol. The topological polar surface area (TPSA) is 3.24 Å². The highest BCUT2D eigenvalue weighted by Crippen LogP contribution is 2.41. The van der Waals surface area contributed by atoms with Gasteiger partial charge in [0.2, 0.25) is 0 Å². The van der Waals surface area contributed by atoms with E-state index in [4.69, 9.17) is 0 Å². The second-order valence-corrected chi connectivity index (χ2v) is 13.8. The molecule has 0 saturated carbocycles. The molecule has 0 unspecified atom stereocenters. The van der Waals surface area contributed by atoms with Crippen molar-refractivity contribution in [1.29, 1.82) is 0 Å². The molecule has 10 aromatic rings. The second-order valence-electron chi connectivity index (χ2n) is 13.8. The van der Waals surface area contributed by atoms with Crippen molar-refractivity contribution in [1.82, 2.24) is 0 Å². The van der Waals surface area contributed by atoms with Gasteiger partial charge < -0.3 is 4.90 Å². The average Bonchev–Trinajstić information content (AvgIpc) is 3.24. The molecule has 10 rings (SSSR count). The molecule has 0 bridgehead atoms. The van der Waals surface area contributed by atoms with E-state index >= 15 is 0 Å². The summed E-state index contributed by atoms with van der Waals surface area (Å²) < 4.78 is 0. The van der Waals surface area contributed by atoms with Crippen LogP contribution in [0.2, 0.25) is 0 Å². The van der Waals surface area contributed by atoms with E-state index in [2.05, 4.69) is 217 Å². The summed E-state index contributed by atoms with van der Waals surface area (Å²) in [5.41, 5.74) is 10.6. The van der Waals surface area contributed by atoms with Gasteiger partial charge in [-0.2, -0.15) is 0 Å². The van der Waals surface area contributed by atoms with Crippen LogP contribution in [0.3, 0.4) is 0 Å². The van der Waals surface area contributed by atoms with Gasteiger partial charge >= 0.3 is 0 Å². The lowest BCUT2D eigenvalue weighted by molar-refractivity contribution is 1.29. The smallest absolute Gasteiger partial charge is 0.0468 e. The summed E-state index contributed by atoms with van der Waals surface area (Å²) in [6.45, 7) is 0. The molecule has 0 N–H and O–H groups in total. The maximum atomic E-state index is 2.38. The van der Waals surface area contributed by atoms with Crippen LogP contribution in [0.15, 0.2) is 212 Å². The zero-order chi connectivity index (χ0) is 35.1. The standard InChI is InChI=1S/C52H35N/c1-3-10-36(11-4-1)38-24-28-46(29-25-38)53(47-30-26-39(27-31-47)44-16-9-15-43(34-44)37-12-5-2-6-13-37)48-32-33-50-45(35-48)23-22-42-21-20-41-19-18-40-14-7-8-17-49(40)51(41)52(42)50/h1-35H. The first-order valence-corrected chi connectivity index (χ1v) is 18.3. The molecule has 0 amide bonds. The van der Waals surface area contributed by atoms with Gasteiger partial charge in [0.25, 0.3) is 0 Å². The lowest BCUT2D eigenvalue weighted by Crippen LogP contribution is -2.09. The molecular weight excluding hydrogens is 639 g/mol. The number of benzene rings is 10. The van der Waals surface area contributed by atoms with Crippen molar-refractivity contribution >= 4 is 60.2 Å². The molecular formula is C52H35N. The monoisotopic (exact) mass is 673 g/mol. The fraction of sp³-hybridized carbons (Fsp3) is 0. The molecule has 0 spiro atoms. The maximum Gasteiger partial charge on any atom is 0.0468 e. The molecule has 1 heteroatoms. The zero-order valence-electron chi connectivity index (χ0n) is 29.2. The van der Waals surface area contributed by atoms with Gasteiger partial charge in [0.05, 0.1) is 0 Å². The van der Waals surface area contributed by atoms with Crippen molar-refractivity contribution in [3.05, 3.63) is 212 Å². The van der Waals surface area contributed by atoms with Crippen LogP contribution in [0.4, 0.5) is 17.1 Å². The highest BCUT2D eigenvalue weighted by Gasteiger charge is 2.16. The molecule has 0 atom stereocenters. The van der Waals surface area contributed by atoms with Crippen LogP contribution in [-0.4, -0.2) is 0 Å². The summed E-state index contributed by atoms with van der Waals surface area (Å²) in [6.07, 6.45) is 0. The van der Waals surface area contributed by atoms with E-state index in [0.29, 0.717) is 0 Å². The molecule has 0 aromatic heterocycles. The molecule has 0 aliphatic carbocycles. The van der Waals surface area contributed by atoms with Crippen LogP contribution in [0.25, 0.3) is 76.5 Å². The number of hydrogen-bond acceptors (Lipinski definition) is 1. The quantitative estimate of drug-likeness (QED) is 0.159. The molecule has 0 radical (unpaired) electrons. The Balaban J connectivity index is 1.11. The maximum absolute atomic E-state index is 2.38. The van der Waals surface area contributed by atoms with Crippen molar-refractivity contribution in [2.24, 2.45) is 0 Å². The third-order valence-corrected chi connectivity index (χ3v) is 10.6. The van der Waals surface area contributed by atoms with Gasteiger partial charge in [-0.3, -0.25) is 0 Å². The van der Waals surface area contributed by atoms with E-state index in [-0.39, 0.29) is 0 Å². The number of rotatable bonds is 6. The number of anilines is 3. The fourth-order valence-electron chi connectivity index (χ4n) is 7.97. The molecule has 0 aliphatic heterocycles. The number of hydrogen-bond donors (Lipinski definition) is 0. The summed E-state index contributed by atoms with van der Waals surface area (Å²) >= 11 is 0. The van der Waals surface area contributed by atoms with E-state index < -0.39 is 0 Å². The second kappa shape index (κ2) is 13.0. The molecule has 53 heavy (non-hydrogen) atoms. The summed E-state index contributed by atoms with van der Waals surface area (Å²) in [4.78, 5) is 2.38. The van der Waals surface area contributed by atoms with Crippen molar-refractivity contribution < 1.29 is 0 Å². The third kappa shape index (κ3) is 5.60. The summed E-state index contributed by atoms with van der Waals surface area (Å²) in [5, 5.41) is 10.2. The minimum Gasteiger partial charge on any atom is -0.310 e. The highest BCUT2D eigenvalue weighted by molar-refractivity contribution is 6.27. The predicted octanol–water partition coefficient (Wildman–Crippen LogP) is 14.8. The Morgan fingerprint density at radius 1 is 0.226 bits per heavy atom. The van der Waals surface area contributed by atoms with E-state index in [1.54, 1.807) is 0 Å². The van der Waals surface area contributed by atoms with Crippen molar-refractivity contribution in [2.75, 3.05) is 4.90 Å². The van der Waals surface area contributed by atoms with Crippen LogP contribution in [0.1, 0.15) is 0 Å². The molecule has 0 aliphatic rings. The van der Waals surface area contributed by atoms with Crippen molar-refractivity contribution in [2.45, 2.75) is 0 Å². The first-order valence-electron chi connectivity index (χ1n) is 18.3. The van der Waals surface area contributed by atoms with Crippen LogP contribution in [0, 0.1) is 0 Å². The van der Waals surface area contributed by atoms with Crippen molar-refractivity contribution in [3.8, 4) is 33.4 Å². The van der Waals surface area contributed by atoms with E-state index in [1.807, 2.05) is 0 Å². The Morgan fingerprint density at radius 2 is 0.642 bits per heavy atom.